The first-order chi connectivity index (χ1) is 7.96. The lowest BCUT2D eigenvalue weighted by Crippen LogP contribution is -2.32. The number of hydrogen-bond acceptors (Lipinski definition) is 1. The van der Waals surface area contributed by atoms with Gasteiger partial charge in [0.05, 0.1) is 0 Å². The standard InChI is InChI=1S/C13H24F3N/c1-3-10-6-7-11(9-10)12(17-2)5-4-8-13(14,15)16/h10-12,17H,3-9H2,1-2H3. The highest BCUT2D eigenvalue weighted by atomic mass is 19.4. The largest absolute Gasteiger partial charge is 0.389 e. The molecule has 3 atom stereocenters. The topological polar surface area (TPSA) is 12.0 Å². The summed E-state index contributed by atoms with van der Waals surface area (Å²) in [7, 11) is 1.87. The Morgan fingerprint density at radius 2 is 2.00 bits per heavy atom. The van der Waals surface area contributed by atoms with Crippen molar-refractivity contribution in [3.05, 3.63) is 0 Å². The smallest absolute Gasteiger partial charge is 0.317 e. The highest BCUT2D eigenvalue weighted by Gasteiger charge is 2.31. The van der Waals surface area contributed by atoms with Crippen LogP contribution in [0.25, 0.3) is 0 Å². The molecule has 1 N–H and O–H groups in total. The Balaban J connectivity index is 2.29. The fraction of sp³-hybridized carbons (Fsp3) is 1.00. The molecule has 0 amide bonds. The minimum absolute atomic E-state index is 0.252. The van der Waals surface area contributed by atoms with Crippen LogP contribution in [0.3, 0.4) is 0 Å². The molecule has 0 heterocycles. The Morgan fingerprint density at radius 1 is 1.29 bits per heavy atom. The van der Waals surface area contributed by atoms with Gasteiger partial charge in [0.15, 0.2) is 0 Å². The van der Waals surface area contributed by atoms with Crippen LogP contribution in [0.15, 0.2) is 0 Å². The third-order valence-electron chi connectivity index (χ3n) is 4.07. The fourth-order valence-corrected chi connectivity index (χ4v) is 2.99. The third kappa shape index (κ3) is 5.28. The molecule has 3 unspecified atom stereocenters. The van der Waals surface area contributed by atoms with Crippen LogP contribution in [-0.2, 0) is 0 Å². The first-order valence-electron chi connectivity index (χ1n) is 6.70. The molecule has 1 nitrogen and oxygen atoms in total. The van der Waals surface area contributed by atoms with Crippen LogP contribution in [0.5, 0.6) is 0 Å². The normalized spacial score (nSPS) is 27.4. The van der Waals surface area contributed by atoms with Crippen molar-refractivity contribution in [3.8, 4) is 0 Å². The van der Waals surface area contributed by atoms with Gasteiger partial charge in [-0.2, -0.15) is 13.2 Å². The summed E-state index contributed by atoms with van der Waals surface area (Å²) in [5, 5.41) is 3.21. The Morgan fingerprint density at radius 3 is 2.47 bits per heavy atom. The second-order valence-corrected chi connectivity index (χ2v) is 5.25. The van der Waals surface area contributed by atoms with E-state index in [2.05, 4.69) is 12.2 Å². The number of halogens is 3. The van der Waals surface area contributed by atoms with Gasteiger partial charge in [0.1, 0.15) is 0 Å². The zero-order valence-corrected chi connectivity index (χ0v) is 10.8. The maximum absolute atomic E-state index is 12.1. The van der Waals surface area contributed by atoms with E-state index >= 15 is 0 Å². The number of hydrogen-bond donors (Lipinski definition) is 1. The Labute approximate surface area is 102 Å². The Hall–Kier alpha value is -0.250. The van der Waals surface area contributed by atoms with Crippen LogP contribution >= 0.6 is 0 Å². The predicted molar refractivity (Wildman–Crippen MR) is 63.9 cm³/mol. The van der Waals surface area contributed by atoms with Crippen molar-refractivity contribution >= 4 is 0 Å². The summed E-state index contributed by atoms with van der Waals surface area (Å²) >= 11 is 0. The number of rotatable bonds is 6. The van der Waals surface area contributed by atoms with E-state index in [1.165, 1.54) is 25.7 Å². The van der Waals surface area contributed by atoms with Gasteiger partial charge in [-0.1, -0.05) is 19.8 Å². The lowest BCUT2D eigenvalue weighted by molar-refractivity contribution is -0.136. The van der Waals surface area contributed by atoms with Crippen molar-refractivity contribution in [2.24, 2.45) is 11.8 Å². The Bertz CT molecular complexity index is 215. The first kappa shape index (κ1) is 14.8. The van der Waals surface area contributed by atoms with Crippen molar-refractivity contribution in [1.82, 2.24) is 5.32 Å². The summed E-state index contributed by atoms with van der Waals surface area (Å²) in [4.78, 5) is 0. The molecule has 1 aliphatic carbocycles. The van der Waals surface area contributed by atoms with Gasteiger partial charge in [0.25, 0.3) is 0 Å². The molecule has 0 aliphatic heterocycles. The highest BCUT2D eigenvalue weighted by Crippen LogP contribution is 2.36. The molecule has 0 aromatic heterocycles. The van der Waals surface area contributed by atoms with E-state index in [0.717, 1.165) is 5.92 Å². The van der Waals surface area contributed by atoms with Gasteiger partial charge in [0, 0.05) is 12.5 Å². The van der Waals surface area contributed by atoms with Gasteiger partial charge in [-0.15, -0.1) is 0 Å². The molecule has 102 valence electrons. The lowest BCUT2D eigenvalue weighted by atomic mass is 9.92. The molecule has 0 radical (unpaired) electrons. The summed E-state index contributed by atoms with van der Waals surface area (Å²) in [6, 6.07) is 0.272. The SMILES string of the molecule is CCC1CCC(C(CCCC(F)(F)F)NC)C1. The summed E-state index contributed by atoms with van der Waals surface area (Å²) in [6.45, 7) is 2.20. The summed E-state index contributed by atoms with van der Waals surface area (Å²) < 4.78 is 36.3. The second kappa shape index (κ2) is 6.62. The molecule has 4 heteroatoms. The molecule has 0 saturated heterocycles. The monoisotopic (exact) mass is 251 g/mol. The molecule has 1 rings (SSSR count). The zero-order valence-electron chi connectivity index (χ0n) is 10.8. The van der Waals surface area contributed by atoms with Crippen molar-refractivity contribution in [1.29, 1.82) is 0 Å². The van der Waals surface area contributed by atoms with Gasteiger partial charge in [0.2, 0.25) is 0 Å². The van der Waals surface area contributed by atoms with Gasteiger partial charge >= 0.3 is 6.18 Å². The molecule has 0 spiro atoms. The second-order valence-electron chi connectivity index (χ2n) is 5.25. The number of alkyl halides is 3. The van der Waals surface area contributed by atoms with Crippen LogP contribution in [0.1, 0.15) is 51.9 Å². The highest BCUT2D eigenvalue weighted by molar-refractivity contribution is 4.83. The molecular formula is C13H24F3N. The molecule has 0 bridgehead atoms. The summed E-state index contributed by atoms with van der Waals surface area (Å²) in [6.07, 6.45) is 1.08. The van der Waals surface area contributed by atoms with E-state index in [1.807, 2.05) is 7.05 Å². The molecular weight excluding hydrogens is 227 g/mol. The minimum Gasteiger partial charge on any atom is -0.317 e. The summed E-state index contributed by atoms with van der Waals surface area (Å²) in [5.74, 6) is 1.37. The van der Waals surface area contributed by atoms with Crippen LogP contribution in [0, 0.1) is 11.8 Å². The van der Waals surface area contributed by atoms with Crippen molar-refractivity contribution in [3.63, 3.8) is 0 Å². The minimum atomic E-state index is -4.00. The van der Waals surface area contributed by atoms with Gasteiger partial charge in [-0.25, -0.2) is 0 Å². The maximum Gasteiger partial charge on any atom is 0.389 e. The number of nitrogens with one attached hydrogen (secondary N) is 1. The molecule has 1 aliphatic rings. The van der Waals surface area contributed by atoms with Crippen LogP contribution in [0.4, 0.5) is 13.2 Å². The zero-order chi connectivity index (χ0) is 12.9. The van der Waals surface area contributed by atoms with E-state index in [1.54, 1.807) is 0 Å². The molecule has 0 aromatic carbocycles. The predicted octanol–water partition coefficient (Wildman–Crippen LogP) is 4.13. The fourth-order valence-electron chi connectivity index (χ4n) is 2.99. The molecule has 1 fully saturated rings. The van der Waals surface area contributed by atoms with E-state index in [0.29, 0.717) is 12.3 Å². The first-order valence-corrected chi connectivity index (χ1v) is 6.70. The van der Waals surface area contributed by atoms with E-state index < -0.39 is 12.6 Å². The Kier molecular flexibility index (Phi) is 5.77. The van der Waals surface area contributed by atoms with Crippen LogP contribution < -0.4 is 5.32 Å². The van der Waals surface area contributed by atoms with E-state index in [9.17, 15) is 13.2 Å². The van der Waals surface area contributed by atoms with Gasteiger partial charge in [-0.05, 0) is 44.6 Å². The van der Waals surface area contributed by atoms with Crippen LogP contribution in [-0.4, -0.2) is 19.3 Å². The average molecular weight is 251 g/mol. The van der Waals surface area contributed by atoms with Crippen molar-refractivity contribution in [2.75, 3.05) is 7.05 Å². The molecule has 17 heavy (non-hydrogen) atoms. The van der Waals surface area contributed by atoms with Crippen molar-refractivity contribution in [2.45, 2.75) is 64.1 Å². The van der Waals surface area contributed by atoms with E-state index in [-0.39, 0.29) is 12.5 Å². The van der Waals surface area contributed by atoms with Crippen molar-refractivity contribution < 1.29 is 13.2 Å². The average Bonchev–Trinajstić information content (AvgIpc) is 2.71. The maximum atomic E-state index is 12.1. The van der Waals surface area contributed by atoms with Gasteiger partial charge in [-0.3, -0.25) is 0 Å². The molecule has 0 aromatic rings. The quantitative estimate of drug-likeness (QED) is 0.748. The summed E-state index contributed by atoms with van der Waals surface area (Å²) in [5.41, 5.74) is 0. The lowest BCUT2D eigenvalue weighted by Gasteiger charge is -2.23. The molecule has 1 saturated carbocycles. The third-order valence-corrected chi connectivity index (χ3v) is 4.07. The van der Waals surface area contributed by atoms with Crippen LogP contribution in [0.2, 0.25) is 0 Å². The van der Waals surface area contributed by atoms with E-state index in [4.69, 9.17) is 0 Å². The van der Waals surface area contributed by atoms with Gasteiger partial charge < -0.3 is 5.32 Å².